The number of nitrogens with zero attached hydrogens (tertiary/aromatic N) is 2. The van der Waals surface area contributed by atoms with E-state index in [0.717, 1.165) is 16.4 Å². The van der Waals surface area contributed by atoms with E-state index in [1.54, 1.807) is 0 Å². The second kappa shape index (κ2) is 5.96. The zero-order valence-electron chi connectivity index (χ0n) is 11.4. The monoisotopic (exact) mass is 316 g/mol. The van der Waals surface area contributed by atoms with Gasteiger partial charge in [-0.15, -0.1) is 0 Å². The van der Waals surface area contributed by atoms with Crippen molar-refractivity contribution in [1.29, 1.82) is 0 Å². The molecule has 1 N–H and O–H groups in total. The SMILES string of the molecule is COc1ccc(S(=O)(=O)N2CCC[C@H](O)C2)c([N+](=O)[O-])c1. The van der Waals surface area contributed by atoms with Crippen molar-refractivity contribution in [2.24, 2.45) is 0 Å². The molecule has 8 nitrogen and oxygen atoms in total. The van der Waals surface area contributed by atoms with E-state index >= 15 is 0 Å². The molecule has 1 aliphatic heterocycles. The van der Waals surface area contributed by atoms with Gasteiger partial charge in [0.25, 0.3) is 5.69 Å². The van der Waals surface area contributed by atoms with Gasteiger partial charge in [0.2, 0.25) is 10.0 Å². The first-order chi connectivity index (χ1) is 9.86. The second-order valence-corrected chi connectivity index (χ2v) is 6.66. The summed E-state index contributed by atoms with van der Waals surface area (Å²) in [6, 6.07) is 3.60. The lowest BCUT2D eigenvalue weighted by Crippen LogP contribution is -2.42. The largest absolute Gasteiger partial charge is 0.497 e. The number of benzene rings is 1. The minimum absolute atomic E-state index is 0.0501. The van der Waals surface area contributed by atoms with Gasteiger partial charge in [-0.25, -0.2) is 8.42 Å². The molecule has 0 aliphatic carbocycles. The van der Waals surface area contributed by atoms with Gasteiger partial charge in [0, 0.05) is 13.1 Å². The van der Waals surface area contributed by atoms with Crippen molar-refractivity contribution in [2.75, 3.05) is 20.2 Å². The van der Waals surface area contributed by atoms with Crippen molar-refractivity contribution in [3.63, 3.8) is 0 Å². The summed E-state index contributed by atoms with van der Waals surface area (Å²) in [6.07, 6.45) is 0.298. The topological polar surface area (TPSA) is 110 Å². The smallest absolute Gasteiger partial charge is 0.293 e. The molecule has 1 aromatic rings. The molecule has 2 rings (SSSR count). The van der Waals surface area contributed by atoms with Gasteiger partial charge in [-0.2, -0.15) is 4.31 Å². The summed E-state index contributed by atoms with van der Waals surface area (Å²) in [5.41, 5.74) is -0.533. The maximum Gasteiger partial charge on any atom is 0.293 e. The van der Waals surface area contributed by atoms with Gasteiger partial charge in [0.1, 0.15) is 5.75 Å². The molecule has 0 amide bonds. The van der Waals surface area contributed by atoms with Crippen molar-refractivity contribution in [2.45, 2.75) is 23.8 Å². The molecule has 9 heteroatoms. The molecule has 0 bridgehead atoms. The number of hydrogen-bond donors (Lipinski definition) is 1. The van der Waals surface area contributed by atoms with E-state index in [0.29, 0.717) is 12.8 Å². The van der Waals surface area contributed by atoms with Crippen LogP contribution in [-0.4, -0.2) is 49.1 Å². The van der Waals surface area contributed by atoms with Crippen molar-refractivity contribution in [3.8, 4) is 5.75 Å². The van der Waals surface area contributed by atoms with Crippen LogP contribution in [0.25, 0.3) is 0 Å². The van der Waals surface area contributed by atoms with E-state index in [9.17, 15) is 23.6 Å². The lowest BCUT2D eigenvalue weighted by atomic mass is 10.1. The van der Waals surface area contributed by atoms with E-state index in [4.69, 9.17) is 4.74 Å². The standard InChI is InChI=1S/C12H16N2O6S/c1-20-10-4-5-12(11(7-10)14(16)17)21(18,19)13-6-2-3-9(15)8-13/h4-5,7,9,15H,2-3,6,8H2,1H3/t9-/m0/s1. The first kappa shape index (κ1) is 15.7. The molecule has 1 saturated heterocycles. The Morgan fingerprint density at radius 2 is 2.19 bits per heavy atom. The van der Waals surface area contributed by atoms with Gasteiger partial charge in [-0.1, -0.05) is 0 Å². The van der Waals surface area contributed by atoms with E-state index in [-0.39, 0.29) is 23.7 Å². The third-order valence-electron chi connectivity index (χ3n) is 3.34. The number of rotatable bonds is 4. The molecule has 1 heterocycles. The van der Waals surface area contributed by atoms with Gasteiger partial charge in [-0.05, 0) is 25.0 Å². The maximum atomic E-state index is 12.5. The summed E-state index contributed by atoms with van der Waals surface area (Å²) in [5, 5.41) is 20.7. The number of aliphatic hydroxyl groups is 1. The Kier molecular flexibility index (Phi) is 4.45. The van der Waals surface area contributed by atoms with Gasteiger partial charge in [0.15, 0.2) is 4.90 Å². The minimum Gasteiger partial charge on any atom is -0.497 e. The highest BCUT2D eigenvalue weighted by Crippen LogP contribution is 2.31. The summed E-state index contributed by atoms with van der Waals surface area (Å²) in [4.78, 5) is 9.96. The van der Waals surface area contributed by atoms with Gasteiger partial charge in [-0.3, -0.25) is 10.1 Å². The van der Waals surface area contributed by atoms with Crippen LogP contribution in [-0.2, 0) is 10.0 Å². The number of sulfonamides is 1. The van der Waals surface area contributed by atoms with Crippen LogP contribution < -0.4 is 4.74 Å². The number of methoxy groups -OCH3 is 1. The van der Waals surface area contributed by atoms with Crippen LogP contribution in [0.15, 0.2) is 23.1 Å². The van der Waals surface area contributed by atoms with Gasteiger partial charge >= 0.3 is 0 Å². The van der Waals surface area contributed by atoms with Crippen molar-refractivity contribution >= 4 is 15.7 Å². The zero-order valence-corrected chi connectivity index (χ0v) is 12.2. The third-order valence-corrected chi connectivity index (χ3v) is 5.25. The molecule has 1 atom stereocenters. The van der Waals surface area contributed by atoms with Crippen LogP contribution in [0.3, 0.4) is 0 Å². The predicted molar refractivity (Wildman–Crippen MR) is 73.6 cm³/mol. The average molecular weight is 316 g/mol. The Bertz CT molecular complexity index is 645. The molecule has 0 unspecified atom stereocenters. The van der Waals surface area contributed by atoms with Crippen LogP contribution in [0.2, 0.25) is 0 Å². The van der Waals surface area contributed by atoms with E-state index in [1.807, 2.05) is 0 Å². The Morgan fingerprint density at radius 3 is 2.76 bits per heavy atom. The molecule has 0 saturated carbocycles. The Hall–Kier alpha value is -1.71. The predicted octanol–water partition coefficient (Wildman–Crippen LogP) is 0.749. The van der Waals surface area contributed by atoms with E-state index in [1.165, 1.54) is 13.2 Å². The molecular weight excluding hydrogens is 300 g/mol. The van der Waals surface area contributed by atoms with Gasteiger partial charge < -0.3 is 9.84 Å². The number of hydrogen-bond acceptors (Lipinski definition) is 6. The summed E-state index contributed by atoms with van der Waals surface area (Å²) in [5.74, 6) is 0.208. The number of ether oxygens (including phenoxy) is 1. The van der Waals surface area contributed by atoms with E-state index < -0.39 is 26.7 Å². The van der Waals surface area contributed by atoms with Gasteiger partial charge in [0.05, 0.1) is 24.2 Å². The summed E-state index contributed by atoms with van der Waals surface area (Å²) in [6.45, 7) is 0.189. The fraction of sp³-hybridized carbons (Fsp3) is 0.500. The Balaban J connectivity index is 2.46. The van der Waals surface area contributed by atoms with Crippen LogP contribution >= 0.6 is 0 Å². The number of β-amino-alcohol motifs (C(OH)–C–C–N with tert-alkyl or cyclic N) is 1. The molecular formula is C12H16N2O6S. The average Bonchev–Trinajstić information content (AvgIpc) is 2.46. The molecule has 1 aromatic carbocycles. The van der Waals surface area contributed by atoms with Crippen LogP contribution in [0.5, 0.6) is 5.75 Å². The maximum absolute atomic E-state index is 12.5. The summed E-state index contributed by atoms with van der Waals surface area (Å²) in [7, 11) is -2.68. The van der Waals surface area contributed by atoms with Crippen molar-refractivity contribution in [1.82, 2.24) is 4.31 Å². The van der Waals surface area contributed by atoms with E-state index in [2.05, 4.69) is 0 Å². The highest BCUT2D eigenvalue weighted by Gasteiger charge is 2.34. The fourth-order valence-corrected chi connectivity index (χ4v) is 3.92. The van der Waals surface area contributed by atoms with Crippen LogP contribution in [0, 0.1) is 10.1 Å². The number of piperidine rings is 1. The molecule has 1 aliphatic rings. The quantitative estimate of drug-likeness (QED) is 0.648. The number of nitro benzene ring substituents is 1. The Labute approximate surface area is 122 Å². The summed E-state index contributed by atoms with van der Waals surface area (Å²) < 4.78 is 31.0. The third kappa shape index (κ3) is 3.14. The lowest BCUT2D eigenvalue weighted by molar-refractivity contribution is -0.387. The highest BCUT2D eigenvalue weighted by atomic mass is 32.2. The number of nitro groups is 1. The molecule has 116 valence electrons. The van der Waals surface area contributed by atoms with Crippen molar-refractivity contribution in [3.05, 3.63) is 28.3 Å². The molecule has 0 radical (unpaired) electrons. The summed E-state index contributed by atoms with van der Waals surface area (Å²) >= 11 is 0. The first-order valence-electron chi connectivity index (χ1n) is 6.37. The first-order valence-corrected chi connectivity index (χ1v) is 7.81. The van der Waals surface area contributed by atoms with Crippen LogP contribution in [0.1, 0.15) is 12.8 Å². The lowest BCUT2D eigenvalue weighted by Gasteiger charge is -2.29. The molecule has 0 aromatic heterocycles. The fourth-order valence-electron chi connectivity index (χ4n) is 2.26. The van der Waals surface area contributed by atoms with Crippen LogP contribution in [0.4, 0.5) is 5.69 Å². The molecule has 1 fully saturated rings. The highest BCUT2D eigenvalue weighted by molar-refractivity contribution is 7.89. The van der Waals surface area contributed by atoms with Crippen molar-refractivity contribution < 1.29 is 23.2 Å². The zero-order chi connectivity index (χ0) is 15.6. The number of aliphatic hydroxyl groups excluding tert-OH is 1. The second-order valence-electron chi connectivity index (χ2n) is 4.75. The molecule has 0 spiro atoms. The Morgan fingerprint density at radius 1 is 1.48 bits per heavy atom. The molecule has 21 heavy (non-hydrogen) atoms. The minimum atomic E-state index is -4.02. The normalized spacial score (nSPS) is 20.2.